The molecule has 0 aliphatic heterocycles. The summed E-state index contributed by atoms with van der Waals surface area (Å²) in [6.07, 6.45) is 2.18. The molecule has 0 radical (unpaired) electrons. The monoisotopic (exact) mass is 291 g/mol. The minimum atomic E-state index is 0.493. The number of rotatable bonds is 3. The maximum absolute atomic E-state index is 6.17. The lowest BCUT2D eigenvalue weighted by atomic mass is 10.1. The minimum absolute atomic E-state index is 0.493. The highest BCUT2D eigenvalue weighted by atomic mass is 35.5. The summed E-state index contributed by atoms with van der Waals surface area (Å²) in [5.41, 5.74) is 3.97. The van der Waals surface area contributed by atoms with Gasteiger partial charge in [-0.15, -0.1) is 0 Å². The Morgan fingerprint density at radius 3 is 2.37 bits per heavy atom. The molecule has 0 atom stereocenters. The molecule has 0 unspecified atom stereocenters. The van der Waals surface area contributed by atoms with Crippen molar-refractivity contribution in [3.05, 3.63) is 69.2 Å². The Balaban J connectivity index is 1.64. The average molecular weight is 292 g/mol. The molecule has 1 N–H and O–H groups in total. The maximum atomic E-state index is 6.17. The molecule has 98 valence electrons. The smallest absolute Gasteiger partial charge is 0.0451 e. The molecule has 0 saturated heterocycles. The summed E-state index contributed by atoms with van der Waals surface area (Å²) >= 11 is 12.2. The molecule has 0 heterocycles. The predicted molar refractivity (Wildman–Crippen MR) is 80.9 cm³/mol. The van der Waals surface area contributed by atoms with E-state index in [0.29, 0.717) is 6.04 Å². The highest BCUT2D eigenvalue weighted by Crippen LogP contribution is 2.24. The van der Waals surface area contributed by atoms with Crippen LogP contribution in [0.1, 0.15) is 16.7 Å². The fraction of sp³-hybridized carbons (Fsp3) is 0.250. The van der Waals surface area contributed by atoms with Crippen LogP contribution in [0.4, 0.5) is 0 Å². The van der Waals surface area contributed by atoms with Crippen LogP contribution in [0.15, 0.2) is 42.5 Å². The van der Waals surface area contributed by atoms with Gasteiger partial charge in [-0.2, -0.15) is 0 Å². The number of benzene rings is 2. The molecule has 0 aromatic heterocycles. The van der Waals surface area contributed by atoms with Crippen molar-refractivity contribution in [2.45, 2.75) is 25.4 Å². The fourth-order valence-corrected chi connectivity index (χ4v) is 3.02. The summed E-state index contributed by atoms with van der Waals surface area (Å²) in [5, 5.41) is 5.07. The Labute approximate surface area is 123 Å². The van der Waals surface area contributed by atoms with Crippen molar-refractivity contribution in [1.82, 2.24) is 5.32 Å². The van der Waals surface area contributed by atoms with E-state index in [0.717, 1.165) is 35.0 Å². The minimum Gasteiger partial charge on any atom is -0.309 e. The molecule has 0 amide bonds. The number of hydrogen-bond acceptors (Lipinski definition) is 1. The summed E-state index contributed by atoms with van der Waals surface area (Å²) in [6, 6.07) is 14.7. The van der Waals surface area contributed by atoms with Crippen molar-refractivity contribution < 1.29 is 0 Å². The molecule has 0 spiro atoms. The van der Waals surface area contributed by atoms with Crippen LogP contribution >= 0.6 is 23.2 Å². The van der Waals surface area contributed by atoms with Gasteiger partial charge < -0.3 is 5.32 Å². The van der Waals surface area contributed by atoms with E-state index in [4.69, 9.17) is 23.2 Å². The van der Waals surface area contributed by atoms with Crippen molar-refractivity contribution in [2.75, 3.05) is 0 Å². The van der Waals surface area contributed by atoms with Gasteiger partial charge in [-0.1, -0.05) is 47.5 Å². The van der Waals surface area contributed by atoms with Crippen LogP contribution in [0.2, 0.25) is 10.0 Å². The summed E-state index contributed by atoms with van der Waals surface area (Å²) in [5.74, 6) is 0. The zero-order valence-corrected chi connectivity index (χ0v) is 12.0. The quantitative estimate of drug-likeness (QED) is 0.891. The topological polar surface area (TPSA) is 12.0 Å². The first-order valence-electron chi connectivity index (χ1n) is 6.46. The Kier molecular flexibility index (Phi) is 3.79. The highest BCUT2D eigenvalue weighted by molar-refractivity contribution is 6.33. The summed E-state index contributed by atoms with van der Waals surface area (Å²) in [4.78, 5) is 0. The van der Waals surface area contributed by atoms with E-state index < -0.39 is 0 Å². The number of hydrogen-bond donors (Lipinski definition) is 1. The second-order valence-electron chi connectivity index (χ2n) is 4.99. The zero-order valence-electron chi connectivity index (χ0n) is 10.5. The Hall–Kier alpha value is -1.02. The normalized spacial score (nSPS) is 14.6. The molecule has 2 aromatic rings. The van der Waals surface area contributed by atoms with Gasteiger partial charge >= 0.3 is 0 Å². The average Bonchev–Trinajstić information content (AvgIpc) is 2.82. The molecule has 2 aromatic carbocycles. The molecule has 3 heteroatoms. The van der Waals surface area contributed by atoms with E-state index in [9.17, 15) is 0 Å². The second kappa shape index (κ2) is 5.54. The number of halogens is 2. The molecule has 1 nitrogen and oxygen atoms in total. The summed E-state index contributed by atoms with van der Waals surface area (Å²) in [7, 11) is 0. The second-order valence-corrected chi connectivity index (χ2v) is 5.83. The van der Waals surface area contributed by atoms with E-state index in [2.05, 4.69) is 29.6 Å². The third-order valence-corrected chi connectivity index (χ3v) is 4.24. The lowest BCUT2D eigenvalue weighted by molar-refractivity contribution is 0.533. The Morgan fingerprint density at radius 2 is 1.68 bits per heavy atom. The van der Waals surface area contributed by atoms with Gasteiger partial charge in [-0.3, -0.25) is 0 Å². The van der Waals surface area contributed by atoms with Gasteiger partial charge in [-0.05, 0) is 47.7 Å². The summed E-state index contributed by atoms with van der Waals surface area (Å²) < 4.78 is 0. The Bertz CT molecular complexity index is 570. The lowest BCUT2D eigenvalue weighted by Gasteiger charge is -2.13. The van der Waals surface area contributed by atoms with Gasteiger partial charge in [0.15, 0.2) is 0 Å². The summed E-state index contributed by atoms with van der Waals surface area (Å²) in [6.45, 7) is 0.762. The predicted octanol–water partition coefficient (Wildman–Crippen LogP) is 4.25. The van der Waals surface area contributed by atoms with Gasteiger partial charge in [0.05, 0.1) is 0 Å². The van der Waals surface area contributed by atoms with Crippen molar-refractivity contribution in [3.8, 4) is 0 Å². The first-order chi connectivity index (χ1) is 9.22. The number of fused-ring (bicyclic) bond motifs is 1. The van der Waals surface area contributed by atoms with Gasteiger partial charge in [0, 0.05) is 22.6 Å². The van der Waals surface area contributed by atoms with Gasteiger partial charge in [0.2, 0.25) is 0 Å². The van der Waals surface area contributed by atoms with E-state index >= 15 is 0 Å². The van der Waals surface area contributed by atoms with E-state index in [1.54, 1.807) is 0 Å². The standard InChI is InChI=1S/C16H15Cl2N/c17-14-5-6-16(18)13(7-14)10-19-15-8-11-3-1-2-4-12(11)9-15/h1-7,15,19H,8-10H2. The molecule has 0 bridgehead atoms. The van der Waals surface area contributed by atoms with E-state index in [1.807, 2.05) is 18.2 Å². The molecular weight excluding hydrogens is 277 g/mol. The molecule has 1 aliphatic rings. The van der Waals surface area contributed by atoms with Crippen molar-refractivity contribution in [2.24, 2.45) is 0 Å². The van der Waals surface area contributed by atoms with Crippen LogP contribution in [0.3, 0.4) is 0 Å². The zero-order chi connectivity index (χ0) is 13.2. The van der Waals surface area contributed by atoms with E-state index in [1.165, 1.54) is 11.1 Å². The van der Waals surface area contributed by atoms with Crippen molar-refractivity contribution in [1.29, 1.82) is 0 Å². The molecule has 3 rings (SSSR count). The van der Waals surface area contributed by atoms with Gasteiger partial charge in [0.25, 0.3) is 0 Å². The van der Waals surface area contributed by atoms with Gasteiger partial charge in [0.1, 0.15) is 0 Å². The molecule has 0 fully saturated rings. The maximum Gasteiger partial charge on any atom is 0.0451 e. The first kappa shape index (κ1) is 13.0. The third kappa shape index (κ3) is 2.94. The van der Waals surface area contributed by atoms with Crippen molar-refractivity contribution in [3.63, 3.8) is 0 Å². The lowest BCUT2D eigenvalue weighted by Crippen LogP contribution is -2.29. The Morgan fingerprint density at radius 1 is 1.00 bits per heavy atom. The fourth-order valence-electron chi connectivity index (χ4n) is 2.64. The van der Waals surface area contributed by atoms with Crippen LogP contribution in [-0.2, 0) is 19.4 Å². The van der Waals surface area contributed by atoms with E-state index in [-0.39, 0.29) is 0 Å². The molecule has 0 saturated carbocycles. The largest absolute Gasteiger partial charge is 0.309 e. The van der Waals surface area contributed by atoms with Crippen LogP contribution in [-0.4, -0.2) is 6.04 Å². The van der Waals surface area contributed by atoms with Gasteiger partial charge in [-0.25, -0.2) is 0 Å². The van der Waals surface area contributed by atoms with Crippen LogP contribution < -0.4 is 5.32 Å². The first-order valence-corrected chi connectivity index (χ1v) is 7.22. The molecule has 19 heavy (non-hydrogen) atoms. The molecule has 1 aliphatic carbocycles. The van der Waals surface area contributed by atoms with Crippen LogP contribution in [0, 0.1) is 0 Å². The number of nitrogens with one attached hydrogen (secondary N) is 1. The van der Waals surface area contributed by atoms with Crippen LogP contribution in [0.5, 0.6) is 0 Å². The SMILES string of the molecule is Clc1ccc(Cl)c(CNC2Cc3ccccc3C2)c1. The molecular formula is C16H15Cl2N. The van der Waals surface area contributed by atoms with Crippen molar-refractivity contribution >= 4 is 23.2 Å². The third-order valence-electron chi connectivity index (χ3n) is 3.64. The highest BCUT2D eigenvalue weighted by Gasteiger charge is 2.20. The van der Waals surface area contributed by atoms with Crippen LogP contribution in [0.25, 0.3) is 0 Å².